The summed E-state index contributed by atoms with van der Waals surface area (Å²) in [6.45, 7) is 4.64. The number of aliphatic hydroxyl groups is 1. The molecule has 4 heteroatoms. The Bertz CT molecular complexity index is 253. The maximum Gasteiger partial charge on any atom is 0.222 e. The number of nitrogens with one attached hydrogen (secondary N) is 1. The molecule has 0 bridgehead atoms. The van der Waals surface area contributed by atoms with E-state index in [1.165, 1.54) is 38.5 Å². The molecule has 0 spiro atoms. The number of carbonyl (C=O) groups is 1. The van der Waals surface area contributed by atoms with E-state index < -0.39 is 0 Å². The molecule has 118 valence electrons. The van der Waals surface area contributed by atoms with Gasteiger partial charge in [0.25, 0.3) is 0 Å². The van der Waals surface area contributed by atoms with E-state index in [2.05, 4.69) is 12.2 Å². The fourth-order valence-electron chi connectivity index (χ4n) is 2.84. The van der Waals surface area contributed by atoms with Crippen LogP contribution in [-0.2, 0) is 4.79 Å². The number of piperidine rings is 1. The molecule has 0 aromatic heterocycles. The van der Waals surface area contributed by atoms with Gasteiger partial charge in [-0.2, -0.15) is 0 Å². The van der Waals surface area contributed by atoms with E-state index in [9.17, 15) is 4.79 Å². The Hall–Kier alpha value is -0.610. The molecule has 4 nitrogen and oxygen atoms in total. The van der Waals surface area contributed by atoms with E-state index >= 15 is 0 Å². The number of unbranched alkanes of at least 4 members (excludes halogenated alkanes) is 3. The highest BCUT2D eigenvalue weighted by Crippen LogP contribution is 2.13. The van der Waals surface area contributed by atoms with Crippen molar-refractivity contribution in [1.29, 1.82) is 0 Å². The van der Waals surface area contributed by atoms with Crippen molar-refractivity contribution in [3.8, 4) is 0 Å². The highest BCUT2D eigenvalue weighted by molar-refractivity contribution is 5.76. The maximum absolute atomic E-state index is 12.2. The third-order valence-corrected chi connectivity index (χ3v) is 4.12. The van der Waals surface area contributed by atoms with Crippen LogP contribution < -0.4 is 5.32 Å². The van der Waals surface area contributed by atoms with Crippen molar-refractivity contribution in [3.63, 3.8) is 0 Å². The van der Waals surface area contributed by atoms with Gasteiger partial charge in [-0.05, 0) is 32.2 Å². The van der Waals surface area contributed by atoms with Gasteiger partial charge in [0.1, 0.15) is 0 Å². The summed E-state index contributed by atoms with van der Waals surface area (Å²) in [5, 5.41) is 12.6. The minimum absolute atomic E-state index is 0.0706. The number of carbonyl (C=O) groups excluding carboxylic acids is 1. The summed E-state index contributed by atoms with van der Waals surface area (Å²) in [7, 11) is 0. The second kappa shape index (κ2) is 11.1. The Labute approximate surface area is 123 Å². The molecular weight excluding hydrogens is 252 g/mol. The van der Waals surface area contributed by atoms with Gasteiger partial charge in [-0.25, -0.2) is 0 Å². The van der Waals surface area contributed by atoms with Crippen molar-refractivity contribution in [1.82, 2.24) is 10.2 Å². The number of hydrogen-bond acceptors (Lipinski definition) is 3. The van der Waals surface area contributed by atoms with Crippen LogP contribution in [0.3, 0.4) is 0 Å². The van der Waals surface area contributed by atoms with E-state index in [4.69, 9.17) is 5.11 Å². The van der Waals surface area contributed by atoms with E-state index in [-0.39, 0.29) is 12.5 Å². The van der Waals surface area contributed by atoms with Crippen LogP contribution in [0.5, 0.6) is 0 Å². The van der Waals surface area contributed by atoms with Crippen molar-refractivity contribution < 1.29 is 9.90 Å². The van der Waals surface area contributed by atoms with Crippen LogP contribution in [0.15, 0.2) is 0 Å². The molecule has 1 atom stereocenters. The standard InChI is InChI=1S/C16H32N2O2/c1-2-3-4-7-12-18(13-14-19)16(20)10-9-15-8-5-6-11-17-15/h15,17,19H,2-14H2,1H3. The monoisotopic (exact) mass is 284 g/mol. The Kier molecular flexibility index (Phi) is 9.67. The fraction of sp³-hybridized carbons (Fsp3) is 0.938. The maximum atomic E-state index is 12.2. The molecule has 2 N–H and O–H groups in total. The first-order valence-electron chi connectivity index (χ1n) is 8.40. The zero-order valence-corrected chi connectivity index (χ0v) is 13.1. The molecule has 0 aromatic carbocycles. The SMILES string of the molecule is CCCCCCN(CCO)C(=O)CCC1CCCCN1. The van der Waals surface area contributed by atoms with Crippen LogP contribution in [0.1, 0.15) is 64.7 Å². The molecule has 0 aromatic rings. The molecule has 20 heavy (non-hydrogen) atoms. The number of nitrogens with zero attached hydrogens (tertiary/aromatic N) is 1. The molecule has 1 rings (SSSR count). The number of amides is 1. The molecule has 0 radical (unpaired) electrons. The number of hydrogen-bond donors (Lipinski definition) is 2. The lowest BCUT2D eigenvalue weighted by Crippen LogP contribution is -2.38. The lowest BCUT2D eigenvalue weighted by molar-refractivity contribution is -0.132. The van der Waals surface area contributed by atoms with Gasteiger partial charge in [0.2, 0.25) is 5.91 Å². The van der Waals surface area contributed by atoms with Crippen LogP contribution in [-0.4, -0.2) is 48.2 Å². The Morgan fingerprint density at radius 1 is 1.25 bits per heavy atom. The summed E-state index contributed by atoms with van der Waals surface area (Å²) >= 11 is 0. The molecule has 1 saturated heterocycles. The molecule has 1 fully saturated rings. The molecule has 1 aliphatic heterocycles. The van der Waals surface area contributed by atoms with Gasteiger partial charge in [-0.15, -0.1) is 0 Å². The van der Waals surface area contributed by atoms with Gasteiger partial charge in [0, 0.05) is 25.6 Å². The molecule has 1 unspecified atom stereocenters. The van der Waals surface area contributed by atoms with Crippen molar-refractivity contribution in [3.05, 3.63) is 0 Å². The Morgan fingerprint density at radius 2 is 2.10 bits per heavy atom. The van der Waals surface area contributed by atoms with E-state index in [1.54, 1.807) is 0 Å². The predicted molar refractivity (Wildman–Crippen MR) is 82.7 cm³/mol. The largest absolute Gasteiger partial charge is 0.395 e. The summed E-state index contributed by atoms with van der Waals surface area (Å²) in [5.41, 5.74) is 0. The zero-order valence-electron chi connectivity index (χ0n) is 13.1. The average molecular weight is 284 g/mol. The lowest BCUT2D eigenvalue weighted by atomic mass is 10.0. The second-order valence-corrected chi connectivity index (χ2v) is 5.85. The minimum atomic E-state index is 0.0706. The van der Waals surface area contributed by atoms with Crippen LogP contribution in [0.25, 0.3) is 0 Å². The van der Waals surface area contributed by atoms with Gasteiger partial charge < -0.3 is 15.3 Å². The number of rotatable bonds is 10. The van der Waals surface area contributed by atoms with Gasteiger partial charge in [-0.3, -0.25) is 4.79 Å². The topological polar surface area (TPSA) is 52.6 Å². The quantitative estimate of drug-likeness (QED) is 0.605. The first-order valence-corrected chi connectivity index (χ1v) is 8.40. The van der Waals surface area contributed by atoms with E-state index in [0.717, 1.165) is 25.9 Å². The molecule has 0 aliphatic carbocycles. The zero-order chi connectivity index (χ0) is 14.6. The van der Waals surface area contributed by atoms with Crippen molar-refractivity contribution in [2.24, 2.45) is 0 Å². The minimum Gasteiger partial charge on any atom is -0.395 e. The normalized spacial score (nSPS) is 19.0. The van der Waals surface area contributed by atoms with E-state index in [1.807, 2.05) is 4.90 Å². The van der Waals surface area contributed by atoms with Gasteiger partial charge in [0.15, 0.2) is 0 Å². The van der Waals surface area contributed by atoms with E-state index in [0.29, 0.717) is 19.0 Å². The number of aliphatic hydroxyl groups excluding tert-OH is 1. The van der Waals surface area contributed by atoms with Gasteiger partial charge in [-0.1, -0.05) is 32.6 Å². The highest BCUT2D eigenvalue weighted by atomic mass is 16.3. The van der Waals surface area contributed by atoms with Gasteiger partial charge >= 0.3 is 0 Å². The summed E-state index contributed by atoms with van der Waals surface area (Å²) < 4.78 is 0. The molecule has 1 aliphatic rings. The molecule has 1 heterocycles. The van der Waals surface area contributed by atoms with Crippen LogP contribution in [0.4, 0.5) is 0 Å². The summed E-state index contributed by atoms with van der Waals surface area (Å²) in [6, 6.07) is 0.517. The average Bonchev–Trinajstić information content (AvgIpc) is 2.49. The Balaban J connectivity index is 2.23. The first kappa shape index (κ1) is 17.4. The fourth-order valence-corrected chi connectivity index (χ4v) is 2.84. The van der Waals surface area contributed by atoms with Crippen molar-refractivity contribution >= 4 is 5.91 Å². The van der Waals surface area contributed by atoms with Crippen LogP contribution >= 0.6 is 0 Å². The third kappa shape index (κ3) is 7.25. The Morgan fingerprint density at radius 3 is 2.75 bits per heavy atom. The first-order chi connectivity index (χ1) is 9.77. The molecule has 0 saturated carbocycles. The highest BCUT2D eigenvalue weighted by Gasteiger charge is 2.17. The van der Waals surface area contributed by atoms with Crippen LogP contribution in [0, 0.1) is 0 Å². The van der Waals surface area contributed by atoms with Crippen LogP contribution in [0.2, 0.25) is 0 Å². The third-order valence-electron chi connectivity index (χ3n) is 4.12. The molecular formula is C16H32N2O2. The lowest BCUT2D eigenvalue weighted by Gasteiger charge is -2.26. The van der Waals surface area contributed by atoms with Crippen molar-refractivity contribution in [2.75, 3.05) is 26.2 Å². The van der Waals surface area contributed by atoms with Gasteiger partial charge in [0.05, 0.1) is 6.61 Å². The predicted octanol–water partition coefficient (Wildman–Crippen LogP) is 2.31. The summed E-state index contributed by atoms with van der Waals surface area (Å²) in [5.74, 6) is 0.211. The molecule has 1 amide bonds. The smallest absolute Gasteiger partial charge is 0.222 e. The summed E-state index contributed by atoms with van der Waals surface area (Å²) in [6.07, 6.45) is 9.97. The van der Waals surface area contributed by atoms with Crippen molar-refractivity contribution in [2.45, 2.75) is 70.8 Å². The second-order valence-electron chi connectivity index (χ2n) is 5.85. The summed E-state index contributed by atoms with van der Waals surface area (Å²) in [4.78, 5) is 14.1.